The molecule has 3 rings (SSSR count). The summed E-state index contributed by atoms with van der Waals surface area (Å²) in [5, 5.41) is 4.20. The van der Waals surface area contributed by atoms with Gasteiger partial charge in [0.05, 0.1) is 6.04 Å². The Labute approximate surface area is 156 Å². The molecule has 24 heavy (non-hydrogen) atoms. The summed E-state index contributed by atoms with van der Waals surface area (Å²) in [4.78, 5) is 15.3. The lowest BCUT2D eigenvalue weighted by Gasteiger charge is -2.36. The second-order valence-corrected chi connectivity index (χ2v) is 7.46. The van der Waals surface area contributed by atoms with Gasteiger partial charge in [-0.1, -0.05) is 36.6 Å². The van der Waals surface area contributed by atoms with E-state index >= 15 is 0 Å². The van der Waals surface area contributed by atoms with E-state index in [2.05, 4.69) is 29.3 Å². The Morgan fingerprint density at radius 1 is 1.17 bits per heavy atom. The number of hydrogen-bond acceptors (Lipinski definition) is 2. The molecule has 0 radical (unpaired) electrons. The van der Waals surface area contributed by atoms with Crippen LogP contribution < -0.4 is 5.32 Å². The summed E-state index contributed by atoms with van der Waals surface area (Å²) >= 11 is 6.03. The molecule has 0 bridgehead atoms. The van der Waals surface area contributed by atoms with E-state index in [9.17, 15) is 4.79 Å². The van der Waals surface area contributed by atoms with Crippen LogP contribution in [0.4, 0.5) is 0 Å². The lowest BCUT2D eigenvalue weighted by atomic mass is 9.90. The highest BCUT2D eigenvalue weighted by molar-refractivity contribution is 6.30. The predicted molar refractivity (Wildman–Crippen MR) is 102 cm³/mol. The van der Waals surface area contributed by atoms with Crippen molar-refractivity contribution < 1.29 is 4.79 Å². The van der Waals surface area contributed by atoms with Gasteiger partial charge in [-0.15, -0.1) is 12.4 Å². The first-order valence-electron chi connectivity index (χ1n) is 8.94. The second kappa shape index (κ2) is 9.07. The van der Waals surface area contributed by atoms with Gasteiger partial charge in [-0.25, -0.2) is 0 Å². The summed E-state index contributed by atoms with van der Waals surface area (Å²) in [6, 6.07) is 8.72. The zero-order valence-corrected chi connectivity index (χ0v) is 15.9. The molecule has 1 aromatic carbocycles. The molecule has 3 nitrogen and oxygen atoms in total. The summed E-state index contributed by atoms with van der Waals surface area (Å²) in [5.41, 5.74) is 1.23. The van der Waals surface area contributed by atoms with Crippen molar-refractivity contribution in [2.75, 3.05) is 13.1 Å². The van der Waals surface area contributed by atoms with Gasteiger partial charge in [0, 0.05) is 23.5 Å². The summed E-state index contributed by atoms with van der Waals surface area (Å²) in [5.74, 6) is 0.541. The number of nitrogens with zero attached hydrogens (tertiary/aromatic N) is 1. The highest BCUT2D eigenvalue weighted by Crippen LogP contribution is 2.33. The topological polar surface area (TPSA) is 32.3 Å². The van der Waals surface area contributed by atoms with Crippen molar-refractivity contribution in [2.45, 2.75) is 57.5 Å². The molecule has 2 aliphatic heterocycles. The molecule has 0 spiro atoms. The Balaban J connectivity index is 0.00000208. The zero-order chi connectivity index (χ0) is 16.2. The number of piperidine rings is 1. The molecule has 3 atom stereocenters. The van der Waals surface area contributed by atoms with Crippen LogP contribution in [0.2, 0.25) is 5.02 Å². The average Bonchev–Trinajstić information content (AvgIpc) is 2.81. The van der Waals surface area contributed by atoms with Gasteiger partial charge in [-0.2, -0.15) is 0 Å². The molecule has 2 aliphatic rings. The maximum absolute atomic E-state index is 13.2. The molecule has 1 aromatic rings. The number of nitrogens with one attached hydrogen (secondary N) is 1. The summed E-state index contributed by atoms with van der Waals surface area (Å²) in [6.07, 6.45) is 6.52. The highest BCUT2D eigenvalue weighted by atomic mass is 35.5. The monoisotopic (exact) mass is 370 g/mol. The van der Waals surface area contributed by atoms with Gasteiger partial charge in [-0.05, 0) is 56.8 Å². The van der Waals surface area contributed by atoms with Crippen molar-refractivity contribution in [1.29, 1.82) is 0 Å². The van der Waals surface area contributed by atoms with E-state index < -0.39 is 0 Å². The smallest absolute Gasteiger partial charge is 0.226 e. The van der Waals surface area contributed by atoms with Gasteiger partial charge in [0.1, 0.15) is 0 Å². The first kappa shape index (κ1) is 19.6. The van der Waals surface area contributed by atoms with E-state index in [1.807, 2.05) is 12.1 Å². The summed E-state index contributed by atoms with van der Waals surface area (Å²) < 4.78 is 0. The minimum absolute atomic E-state index is 0. The lowest BCUT2D eigenvalue weighted by Crippen LogP contribution is -2.45. The molecule has 0 aliphatic carbocycles. The van der Waals surface area contributed by atoms with Crippen LogP contribution in [-0.2, 0) is 4.79 Å². The van der Waals surface area contributed by atoms with E-state index in [1.54, 1.807) is 0 Å². The number of benzene rings is 1. The predicted octanol–water partition coefficient (Wildman–Crippen LogP) is 4.59. The SMILES string of the molecule is C[C@H]1C[C@@H](C(=O)N2CCCCCC2c2ccc(Cl)cc2)CCN1.Cl. The fourth-order valence-corrected chi connectivity index (χ4v) is 4.12. The van der Waals surface area contributed by atoms with Crippen LogP contribution in [0.15, 0.2) is 24.3 Å². The average molecular weight is 371 g/mol. The number of rotatable bonds is 2. The van der Waals surface area contributed by atoms with Crippen LogP contribution >= 0.6 is 24.0 Å². The molecule has 0 aromatic heterocycles. The van der Waals surface area contributed by atoms with Crippen molar-refractivity contribution in [2.24, 2.45) is 5.92 Å². The van der Waals surface area contributed by atoms with Gasteiger partial charge < -0.3 is 10.2 Å². The Bertz CT molecular complexity index is 535. The number of likely N-dealkylation sites (tertiary alicyclic amines) is 1. The van der Waals surface area contributed by atoms with Crippen molar-refractivity contribution in [3.8, 4) is 0 Å². The highest BCUT2D eigenvalue weighted by Gasteiger charge is 2.33. The van der Waals surface area contributed by atoms with Crippen LogP contribution in [-0.4, -0.2) is 29.9 Å². The van der Waals surface area contributed by atoms with Crippen LogP contribution in [0.1, 0.15) is 57.1 Å². The third kappa shape index (κ3) is 4.65. The third-order valence-electron chi connectivity index (χ3n) is 5.26. The van der Waals surface area contributed by atoms with E-state index in [4.69, 9.17) is 11.6 Å². The van der Waals surface area contributed by atoms with E-state index in [1.165, 1.54) is 18.4 Å². The molecule has 134 valence electrons. The zero-order valence-electron chi connectivity index (χ0n) is 14.3. The first-order valence-corrected chi connectivity index (χ1v) is 9.32. The second-order valence-electron chi connectivity index (χ2n) is 7.02. The largest absolute Gasteiger partial charge is 0.335 e. The van der Waals surface area contributed by atoms with Crippen LogP contribution in [0.25, 0.3) is 0 Å². The maximum Gasteiger partial charge on any atom is 0.226 e. The minimum atomic E-state index is 0. The van der Waals surface area contributed by atoms with Gasteiger partial charge in [0.25, 0.3) is 0 Å². The van der Waals surface area contributed by atoms with Crippen LogP contribution in [0.5, 0.6) is 0 Å². The molecule has 1 unspecified atom stereocenters. The lowest BCUT2D eigenvalue weighted by molar-refractivity contribution is -0.139. The molecule has 0 saturated carbocycles. The first-order chi connectivity index (χ1) is 11.1. The Hall–Kier alpha value is -0.770. The van der Waals surface area contributed by atoms with Crippen molar-refractivity contribution in [3.63, 3.8) is 0 Å². The van der Waals surface area contributed by atoms with E-state index in [0.29, 0.717) is 11.9 Å². The molecule has 1 N–H and O–H groups in total. The maximum atomic E-state index is 13.2. The van der Waals surface area contributed by atoms with Crippen molar-refractivity contribution >= 4 is 29.9 Å². The van der Waals surface area contributed by atoms with Crippen LogP contribution in [0, 0.1) is 5.92 Å². The molecule has 2 fully saturated rings. The Kier molecular flexibility index (Phi) is 7.39. The van der Waals surface area contributed by atoms with Gasteiger partial charge in [-0.3, -0.25) is 4.79 Å². The molecular weight excluding hydrogens is 343 g/mol. The number of halogens is 2. The quantitative estimate of drug-likeness (QED) is 0.825. The normalized spacial score (nSPS) is 27.9. The summed E-state index contributed by atoms with van der Waals surface area (Å²) in [7, 11) is 0. The van der Waals surface area contributed by atoms with Gasteiger partial charge >= 0.3 is 0 Å². The molecule has 1 amide bonds. The fourth-order valence-electron chi connectivity index (χ4n) is 3.99. The number of hydrogen-bond donors (Lipinski definition) is 1. The van der Waals surface area contributed by atoms with E-state index in [0.717, 1.165) is 43.8 Å². The van der Waals surface area contributed by atoms with E-state index in [-0.39, 0.29) is 24.4 Å². The van der Waals surface area contributed by atoms with Crippen molar-refractivity contribution in [1.82, 2.24) is 10.2 Å². The minimum Gasteiger partial charge on any atom is -0.335 e. The Morgan fingerprint density at radius 2 is 1.92 bits per heavy atom. The molecular formula is C19H28Cl2N2O. The fraction of sp³-hybridized carbons (Fsp3) is 0.632. The molecule has 2 saturated heterocycles. The number of amides is 1. The Morgan fingerprint density at radius 3 is 2.62 bits per heavy atom. The summed E-state index contributed by atoms with van der Waals surface area (Å²) in [6.45, 7) is 4.03. The van der Waals surface area contributed by atoms with Crippen molar-refractivity contribution in [3.05, 3.63) is 34.9 Å². The molecule has 5 heteroatoms. The van der Waals surface area contributed by atoms with Crippen LogP contribution in [0.3, 0.4) is 0 Å². The van der Waals surface area contributed by atoms with Gasteiger partial charge in [0.2, 0.25) is 5.91 Å². The molecule has 2 heterocycles. The number of carbonyl (C=O) groups is 1. The van der Waals surface area contributed by atoms with Gasteiger partial charge in [0.15, 0.2) is 0 Å². The third-order valence-corrected chi connectivity index (χ3v) is 5.52. The number of carbonyl (C=O) groups excluding carboxylic acids is 1. The standard InChI is InChI=1S/C19H27ClN2O.ClH/c1-14-13-16(10-11-21-14)19(23)22-12-4-2-3-5-18(22)15-6-8-17(20)9-7-15;/h6-9,14,16,18,21H,2-5,10-13H2,1H3;1H/t14-,16-,18?;/m0./s1.